The van der Waals surface area contributed by atoms with Gasteiger partial charge in [0.2, 0.25) is 4.55 Å². The Balaban J connectivity index is 3.04. The fraction of sp³-hybridized carbons (Fsp3) is 1.00. The second-order valence-electron chi connectivity index (χ2n) is 3.41. The van der Waals surface area contributed by atoms with Crippen molar-refractivity contribution in [3.63, 3.8) is 0 Å². The van der Waals surface area contributed by atoms with Crippen LogP contribution < -0.4 is 0 Å². The van der Waals surface area contributed by atoms with Crippen molar-refractivity contribution >= 4 is 35.5 Å². The van der Waals surface area contributed by atoms with Gasteiger partial charge in [0.25, 0.3) is 0 Å². The standard InChI is InChI=1S/C9H19Br2OP/c1-2-3-4-5-6-7-8-9-13(10,11)12/h2-9H2,1H3. The molecule has 0 N–H and O–H groups in total. The van der Waals surface area contributed by atoms with Gasteiger partial charge in [-0.3, -0.25) is 4.57 Å². The number of unbranched alkanes of at least 4 members (excludes halogenated alkanes) is 6. The Bertz CT molecular complexity index is 156. The fourth-order valence-electron chi connectivity index (χ4n) is 1.25. The zero-order valence-electron chi connectivity index (χ0n) is 8.27. The Morgan fingerprint density at radius 1 is 0.923 bits per heavy atom. The van der Waals surface area contributed by atoms with Gasteiger partial charge in [0, 0.05) is 6.16 Å². The first-order chi connectivity index (χ1) is 6.06. The zero-order chi connectivity index (χ0) is 10.2. The van der Waals surface area contributed by atoms with Gasteiger partial charge >= 0.3 is 0 Å². The zero-order valence-corrected chi connectivity index (χ0v) is 12.3. The van der Waals surface area contributed by atoms with Gasteiger partial charge in [0.1, 0.15) is 0 Å². The van der Waals surface area contributed by atoms with Gasteiger partial charge < -0.3 is 0 Å². The molecule has 0 aliphatic rings. The predicted molar refractivity (Wildman–Crippen MR) is 68.3 cm³/mol. The lowest BCUT2D eigenvalue weighted by atomic mass is 10.1. The van der Waals surface area contributed by atoms with Crippen LogP contribution in [0.2, 0.25) is 0 Å². The maximum Gasteiger partial charge on any atom is 0.208 e. The number of halogens is 2. The maximum absolute atomic E-state index is 11.2. The Morgan fingerprint density at radius 3 is 1.85 bits per heavy atom. The summed E-state index contributed by atoms with van der Waals surface area (Å²) in [6, 6.07) is 0. The molecule has 0 spiro atoms. The molecule has 0 fully saturated rings. The molecular weight excluding hydrogens is 315 g/mol. The van der Waals surface area contributed by atoms with E-state index in [1.807, 2.05) is 0 Å². The molecule has 0 unspecified atom stereocenters. The van der Waals surface area contributed by atoms with E-state index in [9.17, 15) is 4.57 Å². The molecule has 13 heavy (non-hydrogen) atoms. The van der Waals surface area contributed by atoms with Crippen molar-refractivity contribution in [2.75, 3.05) is 6.16 Å². The molecule has 0 saturated heterocycles. The number of hydrogen-bond acceptors (Lipinski definition) is 1. The van der Waals surface area contributed by atoms with Gasteiger partial charge in [-0.2, -0.15) is 0 Å². The molecule has 0 amide bonds. The van der Waals surface area contributed by atoms with E-state index in [2.05, 4.69) is 37.9 Å². The summed E-state index contributed by atoms with van der Waals surface area (Å²) in [5, 5.41) is 0. The SMILES string of the molecule is CCCCCCCCCP(=O)(Br)Br. The Labute approximate surface area is 97.9 Å². The van der Waals surface area contributed by atoms with Gasteiger partial charge in [-0.05, 0) is 37.4 Å². The van der Waals surface area contributed by atoms with Gasteiger partial charge in [-0.1, -0.05) is 45.4 Å². The van der Waals surface area contributed by atoms with Crippen LogP contribution in [0.15, 0.2) is 0 Å². The van der Waals surface area contributed by atoms with Crippen LogP contribution >= 0.6 is 35.5 Å². The van der Waals surface area contributed by atoms with Gasteiger partial charge in [-0.25, -0.2) is 0 Å². The molecule has 0 aliphatic heterocycles. The normalized spacial score (nSPS) is 11.9. The smallest absolute Gasteiger partial charge is 0.208 e. The van der Waals surface area contributed by atoms with Gasteiger partial charge in [0.15, 0.2) is 0 Å². The second-order valence-corrected chi connectivity index (χ2v) is 14.7. The monoisotopic (exact) mass is 332 g/mol. The highest BCUT2D eigenvalue weighted by Gasteiger charge is 2.10. The average molecular weight is 334 g/mol. The van der Waals surface area contributed by atoms with Gasteiger partial charge in [-0.15, -0.1) is 0 Å². The summed E-state index contributed by atoms with van der Waals surface area (Å²) in [6.07, 6.45) is 9.71. The first-order valence-corrected chi connectivity index (χ1v) is 11.0. The van der Waals surface area contributed by atoms with Crippen molar-refractivity contribution in [1.29, 1.82) is 0 Å². The molecule has 0 aromatic rings. The van der Waals surface area contributed by atoms with Crippen LogP contribution in [0, 0.1) is 0 Å². The van der Waals surface area contributed by atoms with E-state index in [0.29, 0.717) is 0 Å². The van der Waals surface area contributed by atoms with Crippen LogP contribution in [0.25, 0.3) is 0 Å². The molecule has 0 saturated carbocycles. The quantitative estimate of drug-likeness (QED) is 0.410. The van der Waals surface area contributed by atoms with E-state index in [0.717, 1.165) is 12.6 Å². The molecule has 0 radical (unpaired) electrons. The van der Waals surface area contributed by atoms with Crippen molar-refractivity contribution in [2.24, 2.45) is 0 Å². The first-order valence-electron chi connectivity index (χ1n) is 5.04. The Kier molecular flexibility index (Phi) is 9.27. The summed E-state index contributed by atoms with van der Waals surface area (Å²) < 4.78 is 9.08. The van der Waals surface area contributed by atoms with Crippen molar-refractivity contribution in [2.45, 2.75) is 51.9 Å². The largest absolute Gasteiger partial charge is 0.300 e. The number of hydrogen-bond donors (Lipinski definition) is 0. The average Bonchev–Trinajstić information content (AvgIpc) is 2.01. The van der Waals surface area contributed by atoms with Crippen LogP contribution in [-0.4, -0.2) is 6.16 Å². The molecule has 0 atom stereocenters. The minimum absolute atomic E-state index is 0.779. The van der Waals surface area contributed by atoms with E-state index in [1.54, 1.807) is 0 Å². The highest BCUT2D eigenvalue weighted by Crippen LogP contribution is 2.61. The molecule has 4 heteroatoms. The fourth-order valence-corrected chi connectivity index (χ4v) is 3.35. The molecule has 0 bridgehead atoms. The molecule has 0 heterocycles. The summed E-state index contributed by atoms with van der Waals surface area (Å²) in [4.78, 5) is 0. The van der Waals surface area contributed by atoms with Crippen molar-refractivity contribution < 1.29 is 4.57 Å². The minimum Gasteiger partial charge on any atom is -0.300 e. The lowest BCUT2D eigenvalue weighted by Gasteiger charge is -2.02. The van der Waals surface area contributed by atoms with E-state index in [4.69, 9.17) is 0 Å². The highest BCUT2D eigenvalue weighted by molar-refractivity contribution is 9.70. The van der Waals surface area contributed by atoms with Crippen LogP contribution in [-0.2, 0) is 4.57 Å². The van der Waals surface area contributed by atoms with Crippen LogP contribution in [0.5, 0.6) is 0 Å². The lowest BCUT2D eigenvalue weighted by Crippen LogP contribution is -1.82. The van der Waals surface area contributed by atoms with Crippen molar-refractivity contribution in [3.8, 4) is 0 Å². The molecule has 0 aliphatic carbocycles. The number of rotatable bonds is 8. The lowest BCUT2D eigenvalue weighted by molar-refractivity contribution is 0.584. The molecule has 80 valence electrons. The molecule has 0 rings (SSSR count). The molecule has 1 nitrogen and oxygen atoms in total. The Morgan fingerprint density at radius 2 is 1.38 bits per heavy atom. The first kappa shape index (κ1) is 14.2. The van der Waals surface area contributed by atoms with E-state index >= 15 is 0 Å². The molecular formula is C9H19Br2OP. The second kappa shape index (κ2) is 8.49. The third-order valence-corrected chi connectivity index (χ3v) is 4.99. The van der Waals surface area contributed by atoms with E-state index in [1.165, 1.54) is 38.5 Å². The summed E-state index contributed by atoms with van der Waals surface area (Å²) in [6.45, 7) is 2.23. The summed E-state index contributed by atoms with van der Waals surface area (Å²) >= 11 is 6.29. The summed E-state index contributed by atoms with van der Waals surface area (Å²) in [5.74, 6) is 0. The predicted octanol–water partition coefficient (Wildman–Crippen LogP) is 5.72. The summed E-state index contributed by atoms with van der Waals surface area (Å²) in [7, 11) is 0. The molecule has 0 aromatic heterocycles. The van der Waals surface area contributed by atoms with Crippen molar-refractivity contribution in [1.82, 2.24) is 0 Å². The Hall–Kier alpha value is 1.19. The minimum atomic E-state index is -2.10. The topological polar surface area (TPSA) is 17.1 Å². The van der Waals surface area contributed by atoms with Crippen molar-refractivity contribution in [3.05, 3.63) is 0 Å². The van der Waals surface area contributed by atoms with Crippen LogP contribution in [0.3, 0.4) is 0 Å². The third-order valence-electron chi connectivity index (χ3n) is 2.02. The van der Waals surface area contributed by atoms with E-state index in [-0.39, 0.29) is 0 Å². The van der Waals surface area contributed by atoms with E-state index < -0.39 is 4.55 Å². The third kappa shape index (κ3) is 13.2. The highest BCUT2D eigenvalue weighted by atomic mass is 79.9. The summed E-state index contributed by atoms with van der Waals surface area (Å²) in [5.41, 5.74) is 0. The maximum atomic E-state index is 11.2. The molecule has 0 aromatic carbocycles. The van der Waals surface area contributed by atoms with Gasteiger partial charge in [0.05, 0.1) is 0 Å². The van der Waals surface area contributed by atoms with Crippen LogP contribution in [0.4, 0.5) is 0 Å². The van der Waals surface area contributed by atoms with Crippen LogP contribution in [0.1, 0.15) is 51.9 Å².